The van der Waals surface area contributed by atoms with E-state index >= 15 is 0 Å². The van der Waals surface area contributed by atoms with Crippen LogP contribution in [0.1, 0.15) is 11.1 Å². The summed E-state index contributed by atoms with van der Waals surface area (Å²) < 4.78 is 10.4. The summed E-state index contributed by atoms with van der Waals surface area (Å²) in [4.78, 5) is 11.9. The molecule has 0 unspecified atom stereocenters. The van der Waals surface area contributed by atoms with E-state index in [1.807, 2.05) is 36.4 Å². The third-order valence-electron chi connectivity index (χ3n) is 2.97. The maximum Gasteiger partial charge on any atom is 0.210 e. The van der Waals surface area contributed by atoms with Gasteiger partial charge in [0, 0.05) is 23.6 Å². The molecule has 3 nitrogen and oxygen atoms in total. The second-order valence-corrected chi connectivity index (χ2v) is 4.39. The van der Waals surface area contributed by atoms with E-state index in [2.05, 4.69) is 11.8 Å². The molecule has 21 heavy (non-hydrogen) atoms. The van der Waals surface area contributed by atoms with E-state index in [0.717, 1.165) is 11.1 Å². The Kier molecular flexibility index (Phi) is 5.00. The average Bonchev–Trinajstić information content (AvgIpc) is 2.54. The minimum Gasteiger partial charge on any atom is -0.497 e. The van der Waals surface area contributed by atoms with E-state index in [0.29, 0.717) is 11.5 Å². The quantitative estimate of drug-likeness (QED) is 0.808. The van der Waals surface area contributed by atoms with E-state index in [9.17, 15) is 4.79 Å². The zero-order valence-corrected chi connectivity index (χ0v) is 12.1. The normalized spacial score (nSPS) is 9.43. The van der Waals surface area contributed by atoms with Crippen LogP contribution in [0.15, 0.2) is 48.5 Å². The number of benzene rings is 2. The minimum absolute atomic E-state index is 0.151. The molecular formula is C18H16O3. The molecule has 3 heteroatoms. The fraction of sp³-hybridized carbons (Fsp3) is 0.167. The number of methoxy groups -OCH3 is 2. The van der Waals surface area contributed by atoms with E-state index in [-0.39, 0.29) is 12.2 Å². The lowest BCUT2D eigenvalue weighted by Gasteiger charge is -2.08. The van der Waals surface area contributed by atoms with Crippen LogP contribution in [0.2, 0.25) is 0 Å². The first-order chi connectivity index (χ1) is 10.2. The summed E-state index contributed by atoms with van der Waals surface area (Å²) >= 11 is 0. The number of rotatable bonds is 4. The van der Waals surface area contributed by atoms with E-state index in [4.69, 9.17) is 9.47 Å². The first-order valence-electron chi connectivity index (χ1n) is 6.53. The fourth-order valence-electron chi connectivity index (χ4n) is 1.88. The van der Waals surface area contributed by atoms with Crippen LogP contribution >= 0.6 is 0 Å². The van der Waals surface area contributed by atoms with Gasteiger partial charge >= 0.3 is 0 Å². The minimum atomic E-state index is -0.151. The van der Waals surface area contributed by atoms with Gasteiger partial charge in [0.05, 0.1) is 14.2 Å². The molecule has 0 N–H and O–H groups in total. The average molecular weight is 280 g/mol. The van der Waals surface area contributed by atoms with Gasteiger partial charge in [0.2, 0.25) is 5.78 Å². The highest BCUT2D eigenvalue weighted by atomic mass is 16.5. The molecular weight excluding hydrogens is 264 g/mol. The lowest BCUT2D eigenvalue weighted by Crippen LogP contribution is -2.02. The highest BCUT2D eigenvalue weighted by molar-refractivity contribution is 5.97. The van der Waals surface area contributed by atoms with Crippen LogP contribution in [-0.2, 0) is 11.2 Å². The fourth-order valence-corrected chi connectivity index (χ4v) is 1.88. The highest BCUT2D eigenvalue weighted by Crippen LogP contribution is 2.24. The summed E-state index contributed by atoms with van der Waals surface area (Å²) in [5.74, 6) is 6.68. The molecule has 0 fully saturated rings. The van der Waals surface area contributed by atoms with Crippen molar-refractivity contribution >= 4 is 5.78 Å². The SMILES string of the molecule is COc1ccc(CC(=O)C#Cc2ccccc2)c(OC)c1. The molecule has 0 aliphatic carbocycles. The van der Waals surface area contributed by atoms with E-state index in [1.165, 1.54) is 0 Å². The predicted molar refractivity (Wildman–Crippen MR) is 81.6 cm³/mol. The van der Waals surface area contributed by atoms with Crippen LogP contribution in [0.5, 0.6) is 11.5 Å². The molecule has 0 saturated carbocycles. The molecule has 0 amide bonds. The van der Waals surface area contributed by atoms with Crippen molar-refractivity contribution in [2.24, 2.45) is 0 Å². The largest absolute Gasteiger partial charge is 0.497 e. The molecule has 0 atom stereocenters. The third kappa shape index (κ3) is 4.12. The summed E-state index contributed by atoms with van der Waals surface area (Å²) in [6.07, 6.45) is 0.215. The van der Waals surface area contributed by atoms with Crippen molar-refractivity contribution in [1.82, 2.24) is 0 Å². The zero-order valence-electron chi connectivity index (χ0n) is 12.1. The molecule has 0 bridgehead atoms. The molecule has 0 radical (unpaired) electrons. The van der Waals surface area contributed by atoms with Crippen molar-refractivity contribution in [2.45, 2.75) is 6.42 Å². The molecule has 0 aromatic heterocycles. The standard InChI is InChI=1S/C18H16O3/c1-20-17-11-9-15(18(13-17)21-2)12-16(19)10-8-14-6-4-3-5-7-14/h3-7,9,11,13H,12H2,1-2H3. The topological polar surface area (TPSA) is 35.5 Å². The van der Waals surface area contributed by atoms with Crippen LogP contribution in [0.25, 0.3) is 0 Å². The molecule has 0 heterocycles. The zero-order chi connectivity index (χ0) is 15.1. The van der Waals surface area contributed by atoms with Crippen molar-refractivity contribution < 1.29 is 14.3 Å². The van der Waals surface area contributed by atoms with Gasteiger partial charge in [0.1, 0.15) is 11.5 Å². The molecule has 2 rings (SSSR count). The summed E-state index contributed by atoms with van der Waals surface area (Å²) in [6.45, 7) is 0. The maximum absolute atomic E-state index is 11.9. The van der Waals surface area contributed by atoms with Gasteiger partial charge in [-0.15, -0.1) is 0 Å². The number of hydrogen-bond donors (Lipinski definition) is 0. The Morgan fingerprint density at radius 1 is 1.05 bits per heavy atom. The van der Waals surface area contributed by atoms with Crippen molar-refractivity contribution in [3.63, 3.8) is 0 Å². The van der Waals surface area contributed by atoms with Gasteiger partial charge < -0.3 is 9.47 Å². The summed E-state index contributed by atoms with van der Waals surface area (Å²) in [6, 6.07) is 14.8. The first-order valence-corrected chi connectivity index (χ1v) is 6.53. The van der Waals surface area contributed by atoms with Crippen molar-refractivity contribution in [3.8, 4) is 23.3 Å². The predicted octanol–water partition coefficient (Wildman–Crippen LogP) is 2.87. The Hall–Kier alpha value is -2.73. The second kappa shape index (κ2) is 7.16. The first kappa shape index (κ1) is 14.7. The highest BCUT2D eigenvalue weighted by Gasteiger charge is 2.08. The third-order valence-corrected chi connectivity index (χ3v) is 2.97. The van der Waals surface area contributed by atoms with Gasteiger partial charge in [-0.2, -0.15) is 0 Å². The molecule has 2 aromatic carbocycles. The number of Topliss-reactive ketones (excluding diaryl/α,β-unsaturated/α-hetero) is 1. The van der Waals surface area contributed by atoms with Crippen LogP contribution in [0, 0.1) is 11.8 Å². The number of ketones is 1. The lowest BCUT2D eigenvalue weighted by molar-refractivity contribution is -0.113. The Balaban J connectivity index is 2.11. The van der Waals surface area contributed by atoms with Crippen molar-refractivity contribution in [3.05, 3.63) is 59.7 Å². The second-order valence-electron chi connectivity index (χ2n) is 4.39. The van der Waals surface area contributed by atoms with Gasteiger partial charge in [0.25, 0.3) is 0 Å². The molecule has 0 saturated heterocycles. The van der Waals surface area contributed by atoms with Gasteiger partial charge in [0.15, 0.2) is 0 Å². The molecule has 2 aromatic rings. The number of carbonyl (C=O) groups excluding carboxylic acids is 1. The number of carbonyl (C=O) groups is 1. The van der Waals surface area contributed by atoms with Gasteiger partial charge in [-0.05, 0) is 24.1 Å². The molecule has 0 spiro atoms. The van der Waals surface area contributed by atoms with Crippen LogP contribution in [-0.4, -0.2) is 20.0 Å². The Bertz CT molecular complexity index is 679. The summed E-state index contributed by atoms with van der Waals surface area (Å²) in [5.41, 5.74) is 1.62. The molecule has 0 aliphatic heterocycles. The Labute approximate surface area is 124 Å². The molecule has 0 aliphatic rings. The van der Waals surface area contributed by atoms with E-state index < -0.39 is 0 Å². The lowest BCUT2D eigenvalue weighted by atomic mass is 10.1. The van der Waals surface area contributed by atoms with Gasteiger partial charge in [-0.1, -0.05) is 30.2 Å². The van der Waals surface area contributed by atoms with Gasteiger partial charge in [-0.3, -0.25) is 4.79 Å². The Morgan fingerprint density at radius 2 is 1.81 bits per heavy atom. The van der Waals surface area contributed by atoms with Crippen LogP contribution in [0.4, 0.5) is 0 Å². The smallest absolute Gasteiger partial charge is 0.210 e. The number of ether oxygens (including phenoxy) is 2. The summed E-state index contributed by atoms with van der Waals surface area (Å²) in [5, 5.41) is 0. The number of hydrogen-bond acceptors (Lipinski definition) is 3. The van der Waals surface area contributed by atoms with Crippen molar-refractivity contribution in [2.75, 3.05) is 14.2 Å². The summed E-state index contributed by atoms with van der Waals surface area (Å²) in [7, 11) is 3.16. The van der Waals surface area contributed by atoms with Crippen LogP contribution < -0.4 is 9.47 Å². The maximum atomic E-state index is 11.9. The Morgan fingerprint density at radius 3 is 2.48 bits per heavy atom. The van der Waals surface area contributed by atoms with Crippen LogP contribution in [0.3, 0.4) is 0 Å². The van der Waals surface area contributed by atoms with Crippen molar-refractivity contribution in [1.29, 1.82) is 0 Å². The monoisotopic (exact) mass is 280 g/mol. The van der Waals surface area contributed by atoms with Gasteiger partial charge in [-0.25, -0.2) is 0 Å². The molecule has 106 valence electrons. The van der Waals surface area contributed by atoms with E-state index in [1.54, 1.807) is 26.4 Å².